The summed E-state index contributed by atoms with van der Waals surface area (Å²) in [5.74, 6) is 0.877. The second-order valence-corrected chi connectivity index (χ2v) is 8.28. The van der Waals surface area contributed by atoms with E-state index < -0.39 is 0 Å². The number of hydrogen-bond donors (Lipinski definition) is 1. The summed E-state index contributed by atoms with van der Waals surface area (Å²) in [6, 6.07) is 8.55. The standard InChI is InChI=1S/C19H27N3OS/c1-13(2)14(3)20-19(23)15-8-10-22(11-9-15)12-18-21-16-6-4-5-7-17(16)24-18/h4-7,13-15H,8-12H2,1-3H3,(H,20,23)/t14-/m1/s1. The van der Waals surface area contributed by atoms with E-state index in [4.69, 9.17) is 4.98 Å². The molecule has 2 heterocycles. The van der Waals surface area contributed by atoms with Gasteiger partial charge in [0.25, 0.3) is 0 Å². The SMILES string of the molecule is CC(C)[C@@H](C)NC(=O)C1CCN(Cc2nc3ccccc3s2)CC1. The van der Waals surface area contributed by atoms with Gasteiger partial charge >= 0.3 is 0 Å². The van der Waals surface area contributed by atoms with Gasteiger partial charge < -0.3 is 5.32 Å². The van der Waals surface area contributed by atoms with E-state index in [1.807, 2.05) is 6.07 Å². The fraction of sp³-hybridized carbons (Fsp3) is 0.579. The zero-order valence-corrected chi connectivity index (χ0v) is 15.6. The maximum absolute atomic E-state index is 12.4. The summed E-state index contributed by atoms with van der Waals surface area (Å²) >= 11 is 1.78. The van der Waals surface area contributed by atoms with Crippen molar-refractivity contribution in [3.05, 3.63) is 29.3 Å². The molecule has 1 fully saturated rings. The molecule has 1 atom stereocenters. The third-order valence-electron chi connectivity index (χ3n) is 5.03. The highest BCUT2D eigenvalue weighted by molar-refractivity contribution is 7.18. The van der Waals surface area contributed by atoms with Crippen LogP contribution in [-0.4, -0.2) is 34.9 Å². The predicted molar refractivity (Wildman–Crippen MR) is 100 cm³/mol. The Morgan fingerprint density at radius 3 is 2.67 bits per heavy atom. The van der Waals surface area contributed by atoms with E-state index in [0.717, 1.165) is 38.0 Å². The molecule has 1 aromatic carbocycles. The van der Waals surface area contributed by atoms with E-state index in [1.165, 1.54) is 9.71 Å². The van der Waals surface area contributed by atoms with Crippen LogP contribution in [0.2, 0.25) is 0 Å². The Bertz CT molecular complexity index is 656. The Hall–Kier alpha value is -1.46. The fourth-order valence-corrected chi connectivity index (χ4v) is 4.05. The Kier molecular flexibility index (Phi) is 5.51. The average Bonchev–Trinajstić information content (AvgIpc) is 2.97. The molecule has 0 aliphatic carbocycles. The van der Waals surface area contributed by atoms with E-state index >= 15 is 0 Å². The van der Waals surface area contributed by atoms with Crippen molar-refractivity contribution in [3.63, 3.8) is 0 Å². The second kappa shape index (κ2) is 7.62. The lowest BCUT2D eigenvalue weighted by molar-refractivity contribution is -0.127. The van der Waals surface area contributed by atoms with Crippen LogP contribution in [0.1, 0.15) is 38.6 Å². The van der Waals surface area contributed by atoms with Gasteiger partial charge in [-0.05, 0) is 50.9 Å². The minimum atomic E-state index is 0.165. The third-order valence-corrected chi connectivity index (χ3v) is 6.05. The first-order valence-electron chi connectivity index (χ1n) is 8.90. The summed E-state index contributed by atoms with van der Waals surface area (Å²) < 4.78 is 1.25. The number of amides is 1. The minimum Gasteiger partial charge on any atom is -0.353 e. The summed E-state index contributed by atoms with van der Waals surface area (Å²) in [6.45, 7) is 9.23. The lowest BCUT2D eigenvalue weighted by atomic mass is 9.95. The van der Waals surface area contributed by atoms with Crippen LogP contribution in [0.5, 0.6) is 0 Å². The van der Waals surface area contributed by atoms with Crippen molar-refractivity contribution < 1.29 is 4.79 Å². The van der Waals surface area contributed by atoms with Crippen molar-refractivity contribution in [1.29, 1.82) is 0 Å². The number of nitrogens with zero attached hydrogens (tertiary/aromatic N) is 2. The van der Waals surface area contributed by atoms with Gasteiger partial charge in [-0.15, -0.1) is 11.3 Å². The molecule has 1 N–H and O–H groups in total. The Morgan fingerprint density at radius 2 is 2.00 bits per heavy atom. The Morgan fingerprint density at radius 1 is 1.29 bits per heavy atom. The monoisotopic (exact) mass is 345 g/mol. The number of carbonyl (C=O) groups excluding carboxylic acids is 1. The molecule has 0 spiro atoms. The summed E-state index contributed by atoms with van der Waals surface area (Å²) in [7, 11) is 0. The fourth-order valence-electron chi connectivity index (χ4n) is 3.04. The number of thiazole rings is 1. The average molecular weight is 346 g/mol. The van der Waals surface area contributed by atoms with E-state index in [-0.39, 0.29) is 17.9 Å². The van der Waals surface area contributed by atoms with Gasteiger partial charge in [-0.1, -0.05) is 26.0 Å². The zero-order valence-electron chi connectivity index (χ0n) is 14.8. The molecule has 3 rings (SSSR count). The molecular weight excluding hydrogens is 318 g/mol. The number of fused-ring (bicyclic) bond motifs is 1. The molecule has 24 heavy (non-hydrogen) atoms. The molecule has 5 heteroatoms. The number of nitrogens with one attached hydrogen (secondary N) is 1. The minimum absolute atomic E-state index is 0.165. The number of piperidine rings is 1. The van der Waals surface area contributed by atoms with Gasteiger partial charge in [-0.3, -0.25) is 9.69 Å². The number of para-hydroxylation sites is 1. The van der Waals surface area contributed by atoms with Crippen molar-refractivity contribution >= 4 is 27.5 Å². The number of hydrogen-bond acceptors (Lipinski definition) is 4. The molecule has 0 unspecified atom stereocenters. The van der Waals surface area contributed by atoms with Crippen LogP contribution in [0.3, 0.4) is 0 Å². The van der Waals surface area contributed by atoms with Crippen LogP contribution >= 0.6 is 11.3 Å². The smallest absolute Gasteiger partial charge is 0.223 e. The number of aromatic nitrogens is 1. The predicted octanol–water partition coefficient (Wildman–Crippen LogP) is 3.67. The first kappa shape index (κ1) is 17.4. The molecule has 0 bridgehead atoms. The van der Waals surface area contributed by atoms with Crippen LogP contribution in [0.4, 0.5) is 0 Å². The number of carbonyl (C=O) groups is 1. The second-order valence-electron chi connectivity index (χ2n) is 7.17. The number of benzene rings is 1. The molecule has 1 amide bonds. The Balaban J connectivity index is 1.50. The van der Waals surface area contributed by atoms with Gasteiger partial charge in [0.15, 0.2) is 0 Å². The summed E-state index contributed by atoms with van der Waals surface area (Å²) in [5, 5.41) is 4.34. The number of rotatable bonds is 5. The molecule has 1 aliphatic heterocycles. The summed E-state index contributed by atoms with van der Waals surface area (Å²) in [4.78, 5) is 19.5. The zero-order chi connectivity index (χ0) is 17.1. The van der Waals surface area contributed by atoms with E-state index in [9.17, 15) is 4.79 Å². The highest BCUT2D eigenvalue weighted by Gasteiger charge is 2.26. The van der Waals surface area contributed by atoms with Crippen molar-refractivity contribution in [2.45, 2.75) is 46.2 Å². The molecule has 4 nitrogen and oxygen atoms in total. The quantitative estimate of drug-likeness (QED) is 0.899. The maximum atomic E-state index is 12.4. The van der Waals surface area contributed by atoms with Crippen LogP contribution in [0.15, 0.2) is 24.3 Å². The number of likely N-dealkylation sites (tertiary alicyclic amines) is 1. The molecule has 2 aromatic rings. The molecular formula is C19H27N3OS. The molecule has 0 saturated carbocycles. The summed E-state index contributed by atoms with van der Waals surface area (Å²) in [5.41, 5.74) is 1.09. The maximum Gasteiger partial charge on any atom is 0.223 e. The van der Waals surface area contributed by atoms with Gasteiger partial charge in [0, 0.05) is 12.0 Å². The molecule has 1 saturated heterocycles. The summed E-state index contributed by atoms with van der Waals surface area (Å²) in [6.07, 6.45) is 1.89. The highest BCUT2D eigenvalue weighted by atomic mass is 32.1. The van der Waals surface area contributed by atoms with Crippen molar-refractivity contribution in [2.24, 2.45) is 11.8 Å². The van der Waals surface area contributed by atoms with E-state index in [1.54, 1.807) is 11.3 Å². The first-order chi connectivity index (χ1) is 11.5. The van der Waals surface area contributed by atoms with Gasteiger partial charge in [0.05, 0.1) is 16.8 Å². The van der Waals surface area contributed by atoms with Gasteiger partial charge in [-0.25, -0.2) is 4.98 Å². The van der Waals surface area contributed by atoms with E-state index in [2.05, 4.69) is 49.2 Å². The van der Waals surface area contributed by atoms with Gasteiger partial charge in [-0.2, -0.15) is 0 Å². The van der Waals surface area contributed by atoms with Gasteiger partial charge in [0.2, 0.25) is 5.91 Å². The lowest BCUT2D eigenvalue weighted by Gasteiger charge is -2.31. The van der Waals surface area contributed by atoms with Crippen molar-refractivity contribution in [1.82, 2.24) is 15.2 Å². The molecule has 1 aromatic heterocycles. The van der Waals surface area contributed by atoms with Crippen LogP contribution in [-0.2, 0) is 11.3 Å². The van der Waals surface area contributed by atoms with Crippen molar-refractivity contribution in [2.75, 3.05) is 13.1 Å². The largest absolute Gasteiger partial charge is 0.353 e. The molecule has 1 aliphatic rings. The highest BCUT2D eigenvalue weighted by Crippen LogP contribution is 2.25. The Labute approximate surface area is 148 Å². The normalized spacial score (nSPS) is 18.2. The van der Waals surface area contributed by atoms with Gasteiger partial charge in [0.1, 0.15) is 5.01 Å². The first-order valence-corrected chi connectivity index (χ1v) is 9.71. The van der Waals surface area contributed by atoms with Crippen LogP contribution in [0.25, 0.3) is 10.2 Å². The van der Waals surface area contributed by atoms with Crippen molar-refractivity contribution in [3.8, 4) is 0 Å². The van der Waals surface area contributed by atoms with Crippen LogP contribution < -0.4 is 5.32 Å². The van der Waals surface area contributed by atoms with E-state index in [0.29, 0.717) is 5.92 Å². The molecule has 130 valence electrons. The third kappa shape index (κ3) is 4.14. The van der Waals surface area contributed by atoms with Crippen LogP contribution in [0, 0.1) is 11.8 Å². The topological polar surface area (TPSA) is 45.2 Å². The lowest BCUT2D eigenvalue weighted by Crippen LogP contribution is -2.44. The molecule has 0 radical (unpaired) electrons.